The first-order valence-electron chi connectivity index (χ1n) is 6.89. The van der Waals surface area contributed by atoms with Gasteiger partial charge in [0.1, 0.15) is 5.82 Å². The van der Waals surface area contributed by atoms with Gasteiger partial charge in [-0.15, -0.1) is 0 Å². The Morgan fingerprint density at radius 2 is 2.21 bits per heavy atom. The molecule has 0 aliphatic heterocycles. The van der Waals surface area contributed by atoms with Gasteiger partial charge in [-0.3, -0.25) is 0 Å². The zero-order valence-corrected chi connectivity index (χ0v) is 11.6. The van der Waals surface area contributed by atoms with Gasteiger partial charge in [0.2, 0.25) is 0 Å². The van der Waals surface area contributed by atoms with E-state index in [0.29, 0.717) is 6.04 Å². The molecule has 0 unspecified atom stereocenters. The van der Waals surface area contributed by atoms with Crippen LogP contribution in [0.25, 0.3) is 0 Å². The lowest BCUT2D eigenvalue weighted by Crippen LogP contribution is -2.36. The van der Waals surface area contributed by atoms with E-state index >= 15 is 0 Å². The number of aromatic nitrogens is 1. The van der Waals surface area contributed by atoms with Crippen LogP contribution in [0.4, 0.5) is 5.82 Å². The summed E-state index contributed by atoms with van der Waals surface area (Å²) in [5.74, 6) is 0.974. The number of oxime groups is 1. The Labute approximate surface area is 114 Å². The summed E-state index contributed by atoms with van der Waals surface area (Å²) in [6.45, 7) is 4.96. The summed E-state index contributed by atoms with van der Waals surface area (Å²) in [5.41, 5.74) is 7.55. The first-order valence-corrected chi connectivity index (χ1v) is 6.89. The molecule has 0 atom stereocenters. The molecule has 1 heterocycles. The quantitative estimate of drug-likeness (QED) is 0.378. The van der Waals surface area contributed by atoms with Gasteiger partial charge in [-0.05, 0) is 38.3 Å². The molecule has 0 bridgehead atoms. The third kappa shape index (κ3) is 2.64. The van der Waals surface area contributed by atoms with Gasteiger partial charge in [0, 0.05) is 18.8 Å². The molecule has 1 aromatic rings. The first-order chi connectivity index (χ1) is 9.19. The fourth-order valence-corrected chi connectivity index (χ4v) is 2.93. The third-order valence-corrected chi connectivity index (χ3v) is 3.88. The molecule has 104 valence electrons. The van der Waals surface area contributed by atoms with E-state index in [1.165, 1.54) is 25.7 Å². The Kier molecular flexibility index (Phi) is 4.24. The molecule has 0 spiro atoms. The minimum atomic E-state index is 0.136. The standard InChI is InChI=1S/C14H22N4O/c1-3-18(11-6-4-5-7-11)14-12(13(15)17-19)10(2)8-9-16-14/h8-9,11,19H,3-7H2,1-2H3,(H2,15,17). The average Bonchev–Trinajstić information content (AvgIpc) is 2.93. The van der Waals surface area contributed by atoms with Crippen LogP contribution in [-0.2, 0) is 0 Å². The summed E-state index contributed by atoms with van der Waals surface area (Å²) < 4.78 is 0. The van der Waals surface area contributed by atoms with Gasteiger partial charge < -0.3 is 15.8 Å². The average molecular weight is 262 g/mol. The molecule has 19 heavy (non-hydrogen) atoms. The molecular weight excluding hydrogens is 240 g/mol. The van der Waals surface area contributed by atoms with Crippen LogP contribution >= 0.6 is 0 Å². The summed E-state index contributed by atoms with van der Waals surface area (Å²) in [6, 6.07) is 2.41. The molecule has 1 saturated carbocycles. The monoisotopic (exact) mass is 262 g/mol. The van der Waals surface area contributed by atoms with Crippen molar-refractivity contribution in [3.63, 3.8) is 0 Å². The van der Waals surface area contributed by atoms with Crippen molar-refractivity contribution < 1.29 is 5.21 Å². The van der Waals surface area contributed by atoms with E-state index in [1.807, 2.05) is 13.0 Å². The van der Waals surface area contributed by atoms with Gasteiger partial charge in [-0.25, -0.2) is 4.98 Å². The van der Waals surface area contributed by atoms with E-state index in [9.17, 15) is 0 Å². The zero-order chi connectivity index (χ0) is 13.8. The van der Waals surface area contributed by atoms with E-state index in [1.54, 1.807) is 6.20 Å². The van der Waals surface area contributed by atoms with Gasteiger partial charge in [0.05, 0.1) is 5.56 Å². The second-order valence-corrected chi connectivity index (χ2v) is 5.04. The number of nitrogens with zero attached hydrogens (tertiary/aromatic N) is 3. The second kappa shape index (κ2) is 5.91. The molecule has 1 fully saturated rings. The largest absolute Gasteiger partial charge is 0.409 e. The SMILES string of the molecule is CCN(c1nccc(C)c1/C(N)=N/O)C1CCCC1. The lowest BCUT2D eigenvalue weighted by atomic mass is 10.1. The highest BCUT2D eigenvalue weighted by Gasteiger charge is 2.25. The van der Waals surface area contributed by atoms with Crippen molar-refractivity contribution in [2.45, 2.75) is 45.6 Å². The van der Waals surface area contributed by atoms with Crippen LogP contribution in [0.5, 0.6) is 0 Å². The number of aryl methyl sites for hydroxylation is 1. The predicted octanol–water partition coefficient (Wildman–Crippen LogP) is 2.25. The van der Waals surface area contributed by atoms with Crippen molar-refractivity contribution in [2.24, 2.45) is 10.9 Å². The number of rotatable bonds is 4. The minimum absolute atomic E-state index is 0.136. The number of amidine groups is 1. The molecule has 0 radical (unpaired) electrons. The van der Waals surface area contributed by atoms with Crippen LogP contribution in [0.15, 0.2) is 17.4 Å². The summed E-state index contributed by atoms with van der Waals surface area (Å²) in [7, 11) is 0. The van der Waals surface area contributed by atoms with E-state index in [-0.39, 0.29) is 5.84 Å². The number of hydrogen-bond donors (Lipinski definition) is 2. The fourth-order valence-electron chi connectivity index (χ4n) is 2.93. The van der Waals surface area contributed by atoms with Crippen LogP contribution in [0.3, 0.4) is 0 Å². The highest BCUT2D eigenvalue weighted by molar-refractivity contribution is 6.02. The van der Waals surface area contributed by atoms with Gasteiger partial charge in [0.25, 0.3) is 0 Å². The molecular formula is C14H22N4O. The van der Waals surface area contributed by atoms with E-state index in [2.05, 4.69) is 22.0 Å². The smallest absolute Gasteiger partial charge is 0.174 e. The van der Waals surface area contributed by atoms with Crippen LogP contribution in [0, 0.1) is 6.92 Å². The van der Waals surface area contributed by atoms with Crippen molar-refractivity contribution in [2.75, 3.05) is 11.4 Å². The summed E-state index contributed by atoms with van der Waals surface area (Å²) in [6.07, 6.45) is 6.71. The Balaban J connectivity index is 2.44. The number of anilines is 1. The Morgan fingerprint density at radius 1 is 1.53 bits per heavy atom. The zero-order valence-electron chi connectivity index (χ0n) is 11.6. The Bertz CT molecular complexity index is 467. The van der Waals surface area contributed by atoms with Crippen LogP contribution < -0.4 is 10.6 Å². The maximum Gasteiger partial charge on any atom is 0.174 e. The third-order valence-electron chi connectivity index (χ3n) is 3.88. The highest BCUT2D eigenvalue weighted by Crippen LogP contribution is 2.29. The Morgan fingerprint density at radius 3 is 2.79 bits per heavy atom. The minimum Gasteiger partial charge on any atom is -0.409 e. The highest BCUT2D eigenvalue weighted by atomic mass is 16.4. The van der Waals surface area contributed by atoms with Gasteiger partial charge in [-0.2, -0.15) is 0 Å². The molecule has 0 amide bonds. The number of hydrogen-bond acceptors (Lipinski definition) is 4. The maximum absolute atomic E-state index is 8.97. The molecule has 1 aromatic heterocycles. The van der Waals surface area contributed by atoms with E-state index in [0.717, 1.165) is 23.5 Å². The van der Waals surface area contributed by atoms with Gasteiger partial charge in [-0.1, -0.05) is 18.0 Å². The molecule has 5 nitrogen and oxygen atoms in total. The first kappa shape index (κ1) is 13.6. The number of nitrogens with two attached hydrogens (primary N) is 1. The van der Waals surface area contributed by atoms with Crippen molar-refractivity contribution >= 4 is 11.7 Å². The second-order valence-electron chi connectivity index (χ2n) is 5.04. The van der Waals surface area contributed by atoms with E-state index in [4.69, 9.17) is 10.9 Å². The van der Waals surface area contributed by atoms with Crippen LogP contribution in [0.1, 0.15) is 43.7 Å². The van der Waals surface area contributed by atoms with Gasteiger partial charge in [0.15, 0.2) is 5.84 Å². The molecule has 2 rings (SSSR count). The lowest BCUT2D eigenvalue weighted by molar-refractivity contribution is 0.318. The molecule has 3 N–H and O–H groups in total. The van der Waals surface area contributed by atoms with Crippen molar-refractivity contribution in [3.8, 4) is 0 Å². The fraction of sp³-hybridized carbons (Fsp3) is 0.571. The summed E-state index contributed by atoms with van der Waals surface area (Å²) >= 11 is 0. The van der Waals surface area contributed by atoms with Crippen LogP contribution in [0.2, 0.25) is 0 Å². The molecule has 0 saturated heterocycles. The molecule has 0 aromatic carbocycles. The van der Waals surface area contributed by atoms with Crippen molar-refractivity contribution in [3.05, 3.63) is 23.4 Å². The topological polar surface area (TPSA) is 74.7 Å². The molecule has 5 heteroatoms. The van der Waals surface area contributed by atoms with E-state index < -0.39 is 0 Å². The maximum atomic E-state index is 8.97. The van der Waals surface area contributed by atoms with Crippen molar-refractivity contribution in [1.82, 2.24) is 4.98 Å². The van der Waals surface area contributed by atoms with Gasteiger partial charge >= 0.3 is 0 Å². The van der Waals surface area contributed by atoms with Crippen LogP contribution in [-0.4, -0.2) is 28.6 Å². The normalized spacial score (nSPS) is 16.8. The number of pyridine rings is 1. The lowest BCUT2D eigenvalue weighted by Gasteiger charge is -2.30. The summed E-state index contributed by atoms with van der Waals surface area (Å²) in [4.78, 5) is 6.76. The predicted molar refractivity (Wildman–Crippen MR) is 76.8 cm³/mol. The molecule has 1 aliphatic rings. The molecule has 1 aliphatic carbocycles. The Hall–Kier alpha value is -1.78. The van der Waals surface area contributed by atoms with Crippen molar-refractivity contribution in [1.29, 1.82) is 0 Å². The summed E-state index contributed by atoms with van der Waals surface area (Å²) in [5, 5.41) is 12.1.